The summed E-state index contributed by atoms with van der Waals surface area (Å²) in [6.45, 7) is 4.46. The van der Waals surface area contributed by atoms with Crippen LogP contribution in [0, 0.1) is 0 Å². The Bertz CT molecular complexity index is 702. The minimum atomic E-state index is -0.136. The number of nitrogens with zero attached hydrogens (tertiary/aromatic N) is 2. The molecule has 6 nitrogen and oxygen atoms in total. The van der Waals surface area contributed by atoms with Crippen LogP contribution in [0.4, 0.5) is 0 Å². The van der Waals surface area contributed by atoms with E-state index >= 15 is 0 Å². The lowest BCUT2D eigenvalue weighted by Gasteiger charge is -2.34. The van der Waals surface area contributed by atoms with Crippen molar-refractivity contribution in [1.82, 2.24) is 15.1 Å². The van der Waals surface area contributed by atoms with Gasteiger partial charge in [0.1, 0.15) is 5.76 Å². The minimum Gasteiger partial charge on any atom is -0.465 e. The molecule has 3 heterocycles. The molecule has 1 aliphatic rings. The Balaban J connectivity index is 1.34. The molecular weight excluding hydrogens is 338 g/mol. The Kier molecular flexibility index (Phi) is 6.03. The Morgan fingerprint density at radius 3 is 2.76 bits per heavy atom. The van der Waals surface area contributed by atoms with Crippen molar-refractivity contribution in [3.63, 3.8) is 0 Å². The van der Waals surface area contributed by atoms with E-state index in [0.29, 0.717) is 12.3 Å². The summed E-state index contributed by atoms with van der Waals surface area (Å²) in [6, 6.07) is 5.44. The molecule has 0 aliphatic carbocycles. The maximum absolute atomic E-state index is 12.3. The smallest absolute Gasteiger partial charge is 0.254 e. The average molecular weight is 359 g/mol. The van der Waals surface area contributed by atoms with Crippen LogP contribution in [0.2, 0.25) is 0 Å². The molecule has 1 saturated heterocycles. The third kappa shape index (κ3) is 5.04. The van der Waals surface area contributed by atoms with Crippen LogP contribution in [0.25, 0.3) is 6.08 Å². The van der Waals surface area contributed by atoms with Crippen LogP contribution in [-0.2, 0) is 4.79 Å². The second kappa shape index (κ2) is 8.64. The first-order valence-electron chi connectivity index (χ1n) is 8.25. The normalized spacial score (nSPS) is 15.6. The van der Waals surface area contributed by atoms with Gasteiger partial charge < -0.3 is 14.6 Å². The van der Waals surface area contributed by atoms with E-state index in [1.165, 1.54) is 17.4 Å². The number of carbonyl (C=O) groups is 2. The fourth-order valence-corrected chi connectivity index (χ4v) is 3.31. The van der Waals surface area contributed by atoms with E-state index in [-0.39, 0.29) is 11.8 Å². The second-order valence-corrected chi connectivity index (χ2v) is 6.57. The monoisotopic (exact) mass is 359 g/mol. The maximum atomic E-state index is 12.3. The highest BCUT2D eigenvalue weighted by atomic mass is 32.1. The molecule has 7 heteroatoms. The first-order valence-corrected chi connectivity index (χ1v) is 9.20. The van der Waals surface area contributed by atoms with Crippen molar-refractivity contribution in [2.24, 2.45) is 0 Å². The SMILES string of the molecule is O=C(/C=C/c1ccco1)NCCN1CCN(C(=O)c2ccsc2)CC1. The van der Waals surface area contributed by atoms with Crippen molar-refractivity contribution >= 4 is 29.2 Å². The zero-order chi connectivity index (χ0) is 17.5. The molecule has 0 aromatic carbocycles. The first kappa shape index (κ1) is 17.4. The number of carbonyl (C=O) groups excluding carboxylic acids is 2. The first-order chi connectivity index (χ1) is 12.2. The molecule has 1 N–H and O–H groups in total. The molecule has 0 saturated carbocycles. The van der Waals surface area contributed by atoms with E-state index in [9.17, 15) is 9.59 Å². The molecule has 2 amide bonds. The van der Waals surface area contributed by atoms with Crippen molar-refractivity contribution in [2.45, 2.75) is 0 Å². The number of rotatable bonds is 6. The third-order valence-corrected chi connectivity index (χ3v) is 4.78. The number of nitrogens with one attached hydrogen (secondary N) is 1. The van der Waals surface area contributed by atoms with Gasteiger partial charge in [-0.25, -0.2) is 0 Å². The van der Waals surface area contributed by atoms with Crippen molar-refractivity contribution in [1.29, 1.82) is 0 Å². The fourth-order valence-electron chi connectivity index (χ4n) is 2.68. The fraction of sp³-hybridized carbons (Fsp3) is 0.333. The predicted octanol–water partition coefficient (Wildman–Crippen LogP) is 1.93. The molecule has 0 spiro atoms. The van der Waals surface area contributed by atoms with Crippen molar-refractivity contribution in [3.05, 3.63) is 52.6 Å². The summed E-state index contributed by atoms with van der Waals surface area (Å²) in [5.74, 6) is 0.626. The van der Waals surface area contributed by atoms with Crippen LogP contribution in [0.3, 0.4) is 0 Å². The summed E-state index contributed by atoms with van der Waals surface area (Å²) >= 11 is 1.54. The summed E-state index contributed by atoms with van der Waals surface area (Å²) in [7, 11) is 0. The van der Waals surface area contributed by atoms with Gasteiger partial charge >= 0.3 is 0 Å². The zero-order valence-corrected chi connectivity index (χ0v) is 14.7. The van der Waals surface area contributed by atoms with Crippen molar-refractivity contribution < 1.29 is 14.0 Å². The minimum absolute atomic E-state index is 0.109. The zero-order valence-electron chi connectivity index (χ0n) is 13.9. The summed E-state index contributed by atoms with van der Waals surface area (Å²) in [5, 5.41) is 6.67. The van der Waals surface area contributed by atoms with Gasteiger partial charge in [0.15, 0.2) is 0 Å². The molecule has 2 aromatic heterocycles. The van der Waals surface area contributed by atoms with E-state index in [0.717, 1.165) is 38.3 Å². The van der Waals surface area contributed by atoms with Gasteiger partial charge in [0.05, 0.1) is 11.8 Å². The van der Waals surface area contributed by atoms with Gasteiger partial charge in [0, 0.05) is 50.7 Å². The lowest BCUT2D eigenvalue weighted by molar-refractivity contribution is -0.116. The van der Waals surface area contributed by atoms with E-state index < -0.39 is 0 Å². The maximum Gasteiger partial charge on any atom is 0.254 e. The molecule has 2 aromatic rings. The van der Waals surface area contributed by atoms with Crippen LogP contribution < -0.4 is 5.32 Å². The lowest BCUT2D eigenvalue weighted by atomic mass is 10.2. The summed E-state index contributed by atoms with van der Waals surface area (Å²) in [5.41, 5.74) is 0.772. The number of piperazine rings is 1. The Labute approximate surface area is 150 Å². The summed E-state index contributed by atoms with van der Waals surface area (Å²) in [6.07, 6.45) is 4.68. The van der Waals surface area contributed by atoms with Crippen LogP contribution in [0.1, 0.15) is 16.1 Å². The van der Waals surface area contributed by atoms with Crippen LogP contribution in [0.5, 0.6) is 0 Å². The standard InChI is InChI=1S/C18H21N3O3S/c22-17(4-3-16-2-1-12-24-16)19-6-7-20-8-10-21(11-9-20)18(23)15-5-13-25-14-15/h1-5,12-14H,6-11H2,(H,19,22)/b4-3+. The van der Waals surface area contributed by atoms with Gasteiger partial charge in [0.2, 0.25) is 5.91 Å². The Morgan fingerprint density at radius 1 is 1.24 bits per heavy atom. The van der Waals surface area contributed by atoms with Crippen molar-refractivity contribution in [3.8, 4) is 0 Å². The largest absolute Gasteiger partial charge is 0.465 e. The highest BCUT2D eigenvalue weighted by molar-refractivity contribution is 7.08. The van der Waals surface area contributed by atoms with Gasteiger partial charge in [-0.05, 0) is 29.7 Å². The Morgan fingerprint density at radius 2 is 2.08 bits per heavy atom. The van der Waals surface area contributed by atoms with Gasteiger partial charge in [0.25, 0.3) is 5.91 Å². The van der Waals surface area contributed by atoms with E-state index in [2.05, 4.69) is 10.2 Å². The van der Waals surface area contributed by atoms with Crippen molar-refractivity contribution in [2.75, 3.05) is 39.3 Å². The number of hydrogen-bond acceptors (Lipinski definition) is 5. The van der Waals surface area contributed by atoms with E-state index in [1.807, 2.05) is 21.7 Å². The molecule has 1 aliphatic heterocycles. The Hall–Kier alpha value is -2.38. The molecule has 25 heavy (non-hydrogen) atoms. The number of amides is 2. The quantitative estimate of drug-likeness (QED) is 0.801. The lowest BCUT2D eigenvalue weighted by Crippen LogP contribution is -2.50. The molecule has 1 fully saturated rings. The molecular formula is C18H21N3O3S. The molecule has 0 bridgehead atoms. The van der Waals surface area contributed by atoms with Gasteiger partial charge in [-0.3, -0.25) is 14.5 Å². The van der Waals surface area contributed by atoms with Crippen LogP contribution in [0.15, 0.2) is 45.7 Å². The van der Waals surface area contributed by atoms with E-state index in [1.54, 1.807) is 24.5 Å². The van der Waals surface area contributed by atoms with E-state index in [4.69, 9.17) is 4.42 Å². The molecule has 0 radical (unpaired) electrons. The summed E-state index contributed by atoms with van der Waals surface area (Å²) < 4.78 is 5.13. The number of furan rings is 1. The van der Waals surface area contributed by atoms with Crippen LogP contribution >= 0.6 is 11.3 Å². The van der Waals surface area contributed by atoms with Gasteiger partial charge in [-0.15, -0.1) is 0 Å². The molecule has 132 valence electrons. The highest BCUT2D eigenvalue weighted by Crippen LogP contribution is 2.11. The topological polar surface area (TPSA) is 65.8 Å². The highest BCUT2D eigenvalue weighted by Gasteiger charge is 2.21. The van der Waals surface area contributed by atoms with Crippen LogP contribution in [-0.4, -0.2) is 60.9 Å². The summed E-state index contributed by atoms with van der Waals surface area (Å²) in [4.78, 5) is 28.2. The van der Waals surface area contributed by atoms with Gasteiger partial charge in [-0.1, -0.05) is 0 Å². The molecule has 3 rings (SSSR count). The molecule has 0 unspecified atom stereocenters. The number of hydrogen-bond donors (Lipinski definition) is 1. The second-order valence-electron chi connectivity index (χ2n) is 5.79. The van der Waals surface area contributed by atoms with Gasteiger partial charge in [-0.2, -0.15) is 11.3 Å². The predicted molar refractivity (Wildman–Crippen MR) is 97.4 cm³/mol. The average Bonchev–Trinajstić information content (AvgIpc) is 3.34. The number of thiophene rings is 1. The third-order valence-electron chi connectivity index (χ3n) is 4.10. The molecule has 0 atom stereocenters.